The van der Waals surface area contributed by atoms with E-state index in [2.05, 4.69) is 10.2 Å². The summed E-state index contributed by atoms with van der Waals surface area (Å²) in [5.41, 5.74) is 0. The van der Waals surface area contributed by atoms with Crippen LogP contribution in [-0.2, 0) is 9.59 Å². The molecule has 16 heavy (non-hydrogen) atoms. The summed E-state index contributed by atoms with van der Waals surface area (Å²) in [5.74, 6) is 2.08. The zero-order chi connectivity index (χ0) is 12.1. The highest BCUT2D eigenvalue weighted by atomic mass is 32.2. The Balaban J connectivity index is 2.59. The van der Waals surface area contributed by atoms with Gasteiger partial charge in [0.2, 0.25) is 0 Å². The average Bonchev–Trinajstić information content (AvgIpc) is 2.27. The molecule has 0 aromatic carbocycles. The van der Waals surface area contributed by atoms with E-state index in [0.717, 1.165) is 24.2 Å². The smallest absolute Gasteiger partial charge is 0.147 e. The number of carbonyl (C=O) groups is 2. The molecule has 1 heterocycles. The molecule has 4 nitrogen and oxygen atoms in total. The number of nitrogens with zero attached hydrogens (tertiary/aromatic N) is 1. The van der Waals surface area contributed by atoms with Gasteiger partial charge in [0.15, 0.2) is 0 Å². The molecule has 0 bridgehead atoms. The number of likely N-dealkylation sites (N-methyl/N-ethyl adjacent to an activating group) is 2. The van der Waals surface area contributed by atoms with Gasteiger partial charge in [-0.15, -0.1) is 0 Å². The minimum atomic E-state index is -0.112. The SMILES string of the molecule is CNC(C=O)CC1CSCC(C(C)=O)N1C. The molecule has 0 aromatic heterocycles. The molecule has 1 rings (SSSR count). The fraction of sp³-hybridized carbons (Fsp3) is 0.818. The zero-order valence-electron chi connectivity index (χ0n) is 10.1. The number of aldehydes is 1. The third-order valence-corrected chi connectivity index (χ3v) is 4.36. The molecule has 3 unspecified atom stereocenters. The third kappa shape index (κ3) is 3.30. The van der Waals surface area contributed by atoms with Crippen molar-refractivity contribution < 1.29 is 9.59 Å². The van der Waals surface area contributed by atoms with Crippen LogP contribution in [0.5, 0.6) is 0 Å². The van der Waals surface area contributed by atoms with Gasteiger partial charge in [0.1, 0.15) is 12.1 Å². The van der Waals surface area contributed by atoms with E-state index >= 15 is 0 Å². The van der Waals surface area contributed by atoms with E-state index in [-0.39, 0.29) is 17.9 Å². The zero-order valence-corrected chi connectivity index (χ0v) is 10.9. The van der Waals surface area contributed by atoms with Crippen LogP contribution in [0.1, 0.15) is 13.3 Å². The summed E-state index contributed by atoms with van der Waals surface area (Å²) in [4.78, 5) is 24.3. The van der Waals surface area contributed by atoms with Gasteiger partial charge in [0.05, 0.1) is 12.1 Å². The first-order valence-corrected chi connectivity index (χ1v) is 6.68. The highest BCUT2D eigenvalue weighted by molar-refractivity contribution is 7.99. The van der Waals surface area contributed by atoms with Crippen LogP contribution in [0, 0.1) is 0 Å². The van der Waals surface area contributed by atoms with Gasteiger partial charge in [-0.05, 0) is 27.4 Å². The van der Waals surface area contributed by atoms with E-state index in [9.17, 15) is 9.59 Å². The number of hydrogen-bond acceptors (Lipinski definition) is 5. The monoisotopic (exact) mass is 244 g/mol. The molecule has 1 aliphatic heterocycles. The van der Waals surface area contributed by atoms with Crippen LogP contribution in [-0.4, -0.2) is 60.7 Å². The summed E-state index contributed by atoms with van der Waals surface area (Å²) < 4.78 is 0. The lowest BCUT2D eigenvalue weighted by atomic mass is 10.1. The lowest BCUT2D eigenvalue weighted by Crippen LogP contribution is -2.52. The minimum absolute atomic E-state index is 0.00732. The Hall–Kier alpha value is -0.390. The second kappa shape index (κ2) is 6.37. The molecule has 1 aliphatic rings. The van der Waals surface area contributed by atoms with Crippen LogP contribution in [0.3, 0.4) is 0 Å². The van der Waals surface area contributed by atoms with Crippen LogP contribution in [0.2, 0.25) is 0 Å². The number of hydrogen-bond donors (Lipinski definition) is 1. The standard InChI is InChI=1S/C11H20N2O2S/c1-8(15)11-7-16-6-10(13(11)3)4-9(5-14)12-2/h5,9-12H,4,6-7H2,1-3H3. The lowest BCUT2D eigenvalue weighted by molar-refractivity contribution is -0.121. The number of Topliss-reactive ketones (excluding diaryl/α,β-unsaturated/α-hetero) is 1. The molecule has 92 valence electrons. The van der Waals surface area contributed by atoms with E-state index in [1.54, 1.807) is 25.7 Å². The van der Waals surface area contributed by atoms with Gasteiger partial charge in [-0.2, -0.15) is 11.8 Å². The van der Waals surface area contributed by atoms with Gasteiger partial charge in [-0.1, -0.05) is 0 Å². The maximum atomic E-state index is 11.4. The molecule has 0 amide bonds. The highest BCUT2D eigenvalue weighted by Gasteiger charge is 2.31. The van der Waals surface area contributed by atoms with Crippen molar-refractivity contribution in [1.29, 1.82) is 0 Å². The summed E-state index contributed by atoms with van der Waals surface area (Å²) in [5, 5.41) is 2.97. The number of ketones is 1. The topological polar surface area (TPSA) is 49.4 Å². The molecular formula is C11H20N2O2S. The van der Waals surface area contributed by atoms with Gasteiger partial charge in [-0.25, -0.2) is 0 Å². The van der Waals surface area contributed by atoms with Crippen molar-refractivity contribution in [2.24, 2.45) is 0 Å². The molecule has 1 fully saturated rings. The van der Waals surface area contributed by atoms with Crippen molar-refractivity contribution in [2.75, 3.05) is 25.6 Å². The van der Waals surface area contributed by atoms with Crippen LogP contribution >= 0.6 is 11.8 Å². The molecule has 0 aromatic rings. The molecule has 0 radical (unpaired) electrons. The summed E-state index contributed by atoms with van der Waals surface area (Å²) in [6.07, 6.45) is 1.71. The quantitative estimate of drug-likeness (QED) is 0.699. The van der Waals surface area contributed by atoms with E-state index < -0.39 is 0 Å². The second-order valence-corrected chi connectivity index (χ2v) is 5.33. The predicted octanol–water partition coefficient (Wildman–Crippen LogP) is 0.168. The first kappa shape index (κ1) is 13.7. The van der Waals surface area contributed by atoms with Crippen molar-refractivity contribution in [2.45, 2.75) is 31.5 Å². The number of nitrogens with one attached hydrogen (secondary N) is 1. The van der Waals surface area contributed by atoms with Crippen molar-refractivity contribution in [3.8, 4) is 0 Å². The van der Waals surface area contributed by atoms with Gasteiger partial charge in [-0.3, -0.25) is 9.69 Å². The molecule has 1 N–H and O–H groups in total. The summed E-state index contributed by atoms with van der Waals surface area (Å²) in [6.45, 7) is 1.64. The molecule has 0 spiro atoms. The Labute approximate surface area is 101 Å². The fourth-order valence-corrected chi connectivity index (χ4v) is 3.45. The Morgan fingerprint density at radius 1 is 1.62 bits per heavy atom. The van der Waals surface area contributed by atoms with Crippen LogP contribution in [0.25, 0.3) is 0 Å². The van der Waals surface area contributed by atoms with Crippen LogP contribution < -0.4 is 5.32 Å². The maximum Gasteiger partial charge on any atom is 0.147 e. The van der Waals surface area contributed by atoms with E-state index in [0.29, 0.717) is 6.04 Å². The number of rotatable bonds is 5. The molecule has 3 atom stereocenters. The van der Waals surface area contributed by atoms with Crippen molar-refractivity contribution >= 4 is 23.8 Å². The Morgan fingerprint density at radius 3 is 2.81 bits per heavy atom. The van der Waals surface area contributed by atoms with Gasteiger partial charge >= 0.3 is 0 Å². The highest BCUT2D eigenvalue weighted by Crippen LogP contribution is 2.23. The van der Waals surface area contributed by atoms with Crippen molar-refractivity contribution in [3.63, 3.8) is 0 Å². The van der Waals surface area contributed by atoms with Gasteiger partial charge in [0, 0.05) is 17.5 Å². The maximum absolute atomic E-state index is 11.4. The van der Waals surface area contributed by atoms with Crippen LogP contribution in [0.4, 0.5) is 0 Å². The number of thioether (sulfide) groups is 1. The normalized spacial score (nSPS) is 28.7. The van der Waals surface area contributed by atoms with Crippen molar-refractivity contribution in [3.05, 3.63) is 0 Å². The van der Waals surface area contributed by atoms with E-state index in [1.165, 1.54) is 0 Å². The molecular weight excluding hydrogens is 224 g/mol. The fourth-order valence-electron chi connectivity index (χ4n) is 1.98. The lowest BCUT2D eigenvalue weighted by Gasteiger charge is -2.38. The first-order chi connectivity index (χ1) is 7.60. The van der Waals surface area contributed by atoms with Gasteiger partial charge < -0.3 is 10.1 Å². The minimum Gasteiger partial charge on any atom is -0.311 e. The Bertz CT molecular complexity index is 260. The third-order valence-electron chi connectivity index (χ3n) is 3.18. The summed E-state index contributed by atoms with van der Waals surface area (Å²) in [6, 6.07) is 0.196. The Morgan fingerprint density at radius 2 is 2.31 bits per heavy atom. The Kier molecular flexibility index (Phi) is 5.44. The summed E-state index contributed by atoms with van der Waals surface area (Å²) in [7, 11) is 3.77. The van der Waals surface area contributed by atoms with Crippen molar-refractivity contribution in [1.82, 2.24) is 10.2 Å². The predicted molar refractivity (Wildman–Crippen MR) is 66.9 cm³/mol. The van der Waals surface area contributed by atoms with Crippen LogP contribution in [0.15, 0.2) is 0 Å². The molecule has 5 heteroatoms. The summed E-state index contributed by atoms with van der Waals surface area (Å²) >= 11 is 1.80. The molecule has 1 saturated heterocycles. The van der Waals surface area contributed by atoms with E-state index in [4.69, 9.17) is 0 Å². The second-order valence-electron chi connectivity index (χ2n) is 4.25. The molecule has 0 aliphatic carbocycles. The van der Waals surface area contributed by atoms with E-state index in [1.807, 2.05) is 7.05 Å². The number of carbonyl (C=O) groups excluding carboxylic acids is 2. The molecule has 0 saturated carbocycles. The van der Waals surface area contributed by atoms with Gasteiger partial charge in [0.25, 0.3) is 0 Å². The first-order valence-electron chi connectivity index (χ1n) is 5.52. The average molecular weight is 244 g/mol. The largest absolute Gasteiger partial charge is 0.311 e.